The molecule has 7 nitrogen and oxygen atoms in total. The Labute approximate surface area is 188 Å². The Morgan fingerprint density at radius 3 is 2.87 bits per heavy atom. The Balaban J connectivity index is 1.49. The van der Waals surface area contributed by atoms with Gasteiger partial charge in [0.05, 0.1) is 18.8 Å². The molecule has 0 aromatic heterocycles. The first-order chi connectivity index (χ1) is 15.0. The van der Waals surface area contributed by atoms with Crippen LogP contribution in [-0.4, -0.2) is 44.5 Å². The molecule has 3 aliphatic heterocycles. The van der Waals surface area contributed by atoms with E-state index in [0.29, 0.717) is 43.6 Å². The van der Waals surface area contributed by atoms with E-state index in [0.717, 1.165) is 39.0 Å². The SMILES string of the molecule is COCCN1COc2c(cc3c(c2C)O/C(=C\c2cc(Br)cc4c2OCOC4)C3=O)C1. The normalized spacial score (nSPS) is 18.7. The fourth-order valence-corrected chi connectivity index (χ4v) is 4.64. The summed E-state index contributed by atoms with van der Waals surface area (Å²) in [5, 5.41) is 0. The summed E-state index contributed by atoms with van der Waals surface area (Å²) in [6.07, 6.45) is 1.74. The third-order valence-electron chi connectivity index (χ3n) is 5.60. The van der Waals surface area contributed by atoms with Crippen molar-refractivity contribution in [3.05, 3.63) is 56.2 Å². The Morgan fingerprint density at radius 2 is 2.03 bits per heavy atom. The average Bonchev–Trinajstić information content (AvgIpc) is 3.08. The number of fused-ring (bicyclic) bond motifs is 3. The van der Waals surface area contributed by atoms with Gasteiger partial charge in [0.1, 0.15) is 24.0 Å². The standard InChI is InChI=1S/C23H22BrNO6/c1-13-21-15(9-25(11-29-21)3-4-27-2)7-18-20(26)19(31-22(13)18)8-14-5-17(24)6-16-10-28-12-30-23(14)16/h5-8H,3-4,9-12H2,1-2H3/b19-8-. The Kier molecular flexibility index (Phi) is 5.47. The second-order valence-electron chi connectivity index (χ2n) is 7.72. The smallest absolute Gasteiger partial charge is 0.231 e. The molecule has 8 heteroatoms. The molecule has 0 radical (unpaired) electrons. The van der Waals surface area contributed by atoms with E-state index in [9.17, 15) is 4.79 Å². The fraction of sp³-hybridized carbons (Fsp3) is 0.348. The summed E-state index contributed by atoms with van der Waals surface area (Å²) in [5.41, 5.74) is 4.08. The lowest BCUT2D eigenvalue weighted by atomic mass is 9.99. The number of allylic oxidation sites excluding steroid dienone is 1. The second-order valence-corrected chi connectivity index (χ2v) is 8.63. The van der Waals surface area contributed by atoms with Crippen LogP contribution in [0, 0.1) is 6.92 Å². The number of methoxy groups -OCH3 is 1. The van der Waals surface area contributed by atoms with Crippen LogP contribution in [0.5, 0.6) is 17.2 Å². The number of ketones is 1. The molecule has 162 valence electrons. The Bertz CT molecular complexity index is 1100. The zero-order valence-electron chi connectivity index (χ0n) is 17.3. The van der Waals surface area contributed by atoms with Crippen LogP contribution in [0.15, 0.2) is 28.4 Å². The lowest BCUT2D eigenvalue weighted by Gasteiger charge is -2.30. The molecule has 5 rings (SSSR count). The van der Waals surface area contributed by atoms with Gasteiger partial charge in [0, 0.05) is 46.9 Å². The number of nitrogens with zero attached hydrogens (tertiary/aromatic N) is 1. The molecule has 2 aromatic carbocycles. The van der Waals surface area contributed by atoms with Gasteiger partial charge in [0.2, 0.25) is 5.78 Å². The number of carbonyl (C=O) groups excluding carboxylic acids is 1. The zero-order chi connectivity index (χ0) is 21.5. The largest absolute Gasteiger partial charge is 0.477 e. The minimum atomic E-state index is -0.143. The van der Waals surface area contributed by atoms with Crippen LogP contribution in [0.25, 0.3) is 6.08 Å². The third-order valence-corrected chi connectivity index (χ3v) is 6.06. The highest BCUT2D eigenvalue weighted by atomic mass is 79.9. The molecule has 0 spiro atoms. The van der Waals surface area contributed by atoms with Gasteiger partial charge in [-0.25, -0.2) is 0 Å². The summed E-state index contributed by atoms with van der Waals surface area (Å²) < 4.78 is 29.1. The van der Waals surface area contributed by atoms with Gasteiger partial charge in [-0.3, -0.25) is 9.69 Å². The van der Waals surface area contributed by atoms with Crippen molar-refractivity contribution in [3.8, 4) is 17.2 Å². The van der Waals surface area contributed by atoms with Crippen LogP contribution in [-0.2, 0) is 22.6 Å². The van der Waals surface area contributed by atoms with Crippen LogP contribution in [0.4, 0.5) is 0 Å². The van der Waals surface area contributed by atoms with Crippen molar-refractivity contribution in [2.75, 3.05) is 33.8 Å². The number of halogens is 1. The Hall–Kier alpha value is -2.39. The van der Waals surface area contributed by atoms with Crippen LogP contribution < -0.4 is 14.2 Å². The zero-order valence-corrected chi connectivity index (χ0v) is 18.9. The number of hydrogen-bond acceptors (Lipinski definition) is 7. The predicted octanol–water partition coefficient (Wildman–Crippen LogP) is 4.04. The van der Waals surface area contributed by atoms with Gasteiger partial charge in [0.25, 0.3) is 0 Å². The number of carbonyl (C=O) groups is 1. The minimum Gasteiger partial charge on any atom is -0.477 e. The monoisotopic (exact) mass is 487 g/mol. The van der Waals surface area contributed by atoms with Crippen molar-refractivity contribution in [2.45, 2.75) is 20.1 Å². The van der Waals surface area contributed by atoms with E-state index in [2.05, 4.69) is 20.8 Å². The van der Waals surface area contributed by atoms with Gasteiger partial charge in [-0.2, -0.15) is 0 Å². The lowest BCUT2D eigenvalue weighted by Crippen LogP contribution is -2.34. The molecule has 0 atom stereocenters. The summed E-state index contributed by atoms with van der Waals surface area (Å²) >= 11 is 3.52. The number of rotatable bonds is 4. The van der Waals surface area contributed by atoms with Crippen LogP contribution in [0.1, 0.15) is 32.6 Å². The number of benzene rings is 2. The van der Waals surface area contributed by atoms with Gasteiger partial charge in [-0.1, -0.05) is 15.9 Å². The lowest BCUT2D eigenvalue weighted by molar-refractivity contribution is -0.0165. The van der Waals surface area contributed by atoms with E-state index in [-0.39, 0.29) is 18.3 Å². The van der Waals surface area contributed by atoms with Crippen molar-refractivity contribution < 1.29 is 28.5 Å². The van der Waals surface area contributed by atoms with Crippen molar-refractivity contribution in [2.24, 2.45) is 0 Å². The van der Waals surface area contributed by atoms with Gasteiger partial charge < -0.3 is 23.7 Å². The first kappa shape index (κ1) is 20.5. The van der Waals surface area contributed by atoms with Gasteiger partial charge in [-0.15, -0.1) is 0 Å². The summed E-state index contributed by atoms with van der Waals surface area (Å²) in [6.45, 7) is 5.15. The summed E-state index contributed by atoms with van der Waals surface area (Å²) in [7, 11) is 1.68. The van der Waals surface area contributed by atoms with Gasteiger partial charge in [0.15, 0.2) is 12.6 Å². The molecule has 0 amide bonds. The van der Waals surface area contributed by atoms with Crippen molar-refractivity contribution in [1.82, 2.24) is 4.90 Å². The number of ether oxygens (including phenoxy) is 5. The molecule has 0 saturated heterocycles. The fourth-order valence-electron chi connectivity index (χ4n) is 4.12. The second kappa shape index (κ2) is 8.27. The molecule has 0 aliphatic carbocycles. The molecule has 2 aromatic rings. The van der Waals surface area contributed by atoms with E-state index in [1.807, 2.05) is 25.1 Å². The summed E-state index contributed by atoms with van der Waals surface area (Å²) in [4.78, 5) is 15.3. The predicted molar refractivity (Wildman–Crippen MR) is 116 cm³/mol. The maximum absolute atomic E-state index is 13.2. The molecule has 0 unspecified atom stereocenters. The topological polar surface area (TPSA) is 66.5 Å². The van der Waals surface area contributed by atoms with Gasteiger partial charge >= 0.3 is 0 Å². The molecular weight excluding hydrogens is 466 g/mol. The molecular formula is C23H22BrNO6. The molecule has 31 heavy (non-hydrogen) atoms. The first-order valence-corrected chi connectivity index (χ1v) is 10.8. The molecule has 3 aliphatic rings. The van der Waals surface area contributed by atoms with Crippen molar-refractivity contribution in [1.29, 1.82) is 0 Å². The van der Waals surface area contributed by atoms with E-state index in [4.69, 9.17) is 23.7 Å². The number of Topliss-reactive ketones (excluding diaryl/α,β-unsaturated/α-hetero) is 1. The van der Waals surface area contributed by atoms with E-state index in [1.165, 1.54) is 0 Å². The van der Waals surface area contributed by atoms with Crippen LogP contribution in [0.3, 0.4) is 0 Å². The quantitative estimate of drug-likeness (QED) is 0.602. The van der Waals surface area contributed by atoms with E-state index in [1.54, 1.807) is 13.2 Å². The maximum atomic E-state index is 13.2. The summed E-state index contributed by atoms with van der Waals surface area (Å²) in [6, 6.07) is 5.75. The maximum Gasteiger partial charge on any atom is 0.231 e. The summed E-state index contributed by atoms with van der Waals surface area (Å²) in [5.74, 6) is 2.19. The minimum absolute atomic E-state index is 0.143. The average molecular weight is 488 g/mol. The van der Waals surface area contributed by atoms with Crippen molar-refractivity contribution >= 4 is 27.8 Å². The highest BCUT2D eigenvalue weighted by Crippen LogP contribution is 2.44. The molecule has 0 fully saturated rings. The first-order valence-electron chi connectivity index (χ1n) is 10.0. The Morgan fingerprint density at radius 1 is 1.16 bits per heavy atom. The number of hydrogen-bond donors (Lipinski definition) is 0. The highest BCUT2D eigenvalue weighted by molar-refractivity contribution is 9.10. The van der Waals surface area contributed by atoms with Crippen molar-refractivity contribution in [3.63, 3.8) is 0 Å². The molecule has 0 N–H and O–H groups in total. The van der Waals surface area contributed by atoms with Gasteiger partial charge in [-0.05, 0) is 31.2 Å². The van der Waals surface area contributed by atoms with Crippen LogP contribution >= 0.6 is 15.9 Å². The molecule has 0 saturated carbocycles. The van der Waals surface area contributed by atoms with E-state index < -0.39 is 0 Å². The van der Waals surface area contributed by atoms with E-state index >= 15 is 0 Å². The molecule has 0 bridgehead atoms. The highest BCUT2D eigenvalue weighted by Gasteiger charge is 2.34. The third kappa shape index (κ3) is 3.74. The van der Waals surface area contributed by atoms with Crippen LogP contribution in [0.2, 0.25) is 0 Å². The molecule has 3 heterocycles.